The van der Waals surface area contributed by atoms with Gasteiger partial charge in [0.15, 0.2) is 5.96 Å². The van der Waals surface area contributed by atoms with Crippen LogP contribution in [0.4, 0.5) is 13.2 Å². The number of nitrogens with one attached hydrogen (secondary N) is 3. The van der Waals surface area contributed by atoms with Crippen molar-refractivity contribution in [1.29, 1.82) is 5.41 Å². The first-order valence-corrected chi connectivity index (χ1v) is 13.1. The van der Waals surface area contributed by atoms with E-state index in [0.29, 0.717) is 43.6 Å². The molecule has 2 aliphatic heterocycles. The van der Waals surface area contributed by atoms with Crippen LogP contribution in [0.15, 0.2) is 18.2 Å². The molecular weight excluding hydrogens is 501 g/mol. The van der Waals surface area contributed by atoms with Gasteiger partial charge >= 0.3 is 6.18 Å². The molecule has 1 aromatic carbocycles. The van der Waals surface area contributed by atoms with E-state index in [0.717, 1.165) is 12.1 Å². The molecular formula is C27H37F3N4O4. The average molecular weight is 539 g/mol. The number of alkyl halides is 3. The topological polar surface area (TPSA) is 104 Å². The maximum absolute atomic E-state index is 13.4. The van der Waals surface area contributed by atoms with Gasteiger partial charge in [-0.05, 0) is 64.2 Å². The normalized spacial score (nSPS) is 29.2. The monoisotopic (exact) mass is 538 g/mol. The lowest BCUT2D eigenvalue weighted by molar-refractivity contribution is -0.137. The molecule has 5 atom stereocenters. The summed E-state index contributed by atoms with van der Waals surface area (Å²) < 4.78 is 51.3. The Morgan fingerprint density at radius 1 is 1.34 bits per heavy atom. The van der Waals surface area contributed by atoms with E-state index in [-0.39, 0.29) is 30.1 Å². The number of ether oxygens (including phenoxy) is 2. The van der Waals surface area contributed by atoms with E-state index in [2.05, 4.69) is 10.6 Å². The Morgan fingerprint density at radius 3 is 2.66 bits per heavy atom. The zero-order valence-corrected chi connectivity index (χ0v) is 22.5. The van der Waals surface area contributed by atoms with Crippen LogP contribution in [0, 0.1) is 17.2 Å². The van der Waals surface area contributed by atoms with Gasteiger partial charge < -0.3 is 20.1 Å². The summed E-state index contributed by atoms with van der Waals surface area (Å²) in [5.74, 6) is -0.691. The van der Waals surface area contributed by atoms with E-state index in [1.807, 2.05) is 27.7 Å². The van der Waals surface area contributed by atoms with E-state index in [1.165, 1.54) is 11.0 Å². The van der Waals surface area contributed by atoms with Gasteiger partial charge in [-0.15, -0.1) is 0 Å². The van der Waals surface area contributed by atoms with Gasteiger partial charge in [-0.2, -0.15) is 13.2 Å². The summed E-state index contributed by atoms with van der Waals surface area (Å²) in [7, 11) is 1.56. The third-order valence-electron chi connectivity index (χ3n) is 7.98. The standard InChI is InChI=1S/C27H37F3N4O4/c1-6-26(4)14-22(35)34(24(31)33-26)20(9-10-37-5)16-12-17(16)23(36)32-19-13-25(2,3)38-21-8-7-15(11-18(19)21)27(28,29)30/h7-8,11,16-17,19-20H,6,9-10,12-14H2,1-5H3,(H2,31,33)(H,32,36)/t16?,17-,19?,20-,26-/m1/s1. The van der Waals surface area contributed by atoms with Crippen molar-refractivity contribution >= 4 is 17.8 Å². The predicted molar refractivity (Wildman–Crippen MR) is 135 cm³/mol. The first kappa shape index (κ1) is 28.2. The minimum absolute atomic E-state index is 0.0255. The minimum atomic E-state index is -4.51. The Kier molecular flexibility index (Phi) is 7.46. The lowest BCUT2D eigenvalue weighted by Crippen LogP contribution is -2.63. The van der Waals surface area contributed by atoms with Crippen LogP contribution >= 0.6 is 0 Å². The molecule has 8 nitrogen and oxygen atoms in total. The van der Waals surface area contributed by atoms with E-state index in [9.17, 15) is 22.8 Å². The molecule has 1 aliphatic carbocycles. The molecule has 2 heterocycles. The molecule has 0 aromatic heterocycles. The van der Waals surface area contributed by atoms with E-state index < -0.39 is 40.9 Å². The third-order valence-corrected chi connectivity index (χ3v) is 7.98. The molecule has 2 unspecified atom stereocenters. The van der Waals surface area contributed by atoms with Crippen LogP contribution in [0.5, 0.6) is 5.75 Å². The zero-order chi connectivity index (χ0) is 28.0. The van der Waals surface area contributed by atoms with Crippen molar-refractivity contribution in [2.75, 3.05) is 13.7 Å². The van der Waals surface area contributed by atoms with Gasteiger partial charge in [0, 0.05) is 43.2 Å². The Morgan fingerprint density at radius 2 is 2.05 bits per heavy atom. The summed E-state index contributed by atoms with van der Waals surface area (Å²) in [4.78, 5) is 28.0. The number of fused-ring (bicyclic) bond motifs is 1. The number of nitrogens with zero attached hydrogens (tertiary/aromatic N) is 1. The first-order chi connectivity index (χ1) is 17.7. The highest BCUT2D eigenvalue weighted by atomic mass is 19.4. The van der Waals surface area contributed by atoms with Crippen molar-refractivity contribution in [1.82, 2.24) is 15.5 Å². The Balaban J connectivity index is 1.52. The fourth-order valence-corrected chi connectivity index (χ4v) is 5.65. The number of carbonyl (C=O) groups is 2. The maximum atomic E-state index is 13.4. The molecule has 0 bridgehead atoms. The summed E-state index contributed by atoms with van der Waals surface area (Å²) in [6.45, 7) is 7.89. The predicted octanol–water partition coefficient (Wildman–Crippen LogP) is 4.39. The van der Waals surface area contributed by atoms with Crippen molar-refractivity contribution in [3.63, 3.8) is 0 Å². The summed E-state index contributed by atoms with van der Waals surface area (Å²) >= 11 is 0. The maximum Gasteiger partial charge on any atom is 0.416 e. The van der Waals surface area contributed by atoms with Crippen molar-refractivity contribution in [2.45, 2.75) is 89.2 Å². The minimum Gasteiger partial charge on any atom is -0.487 e. The summed E-state index contributed by atoms with van der Waals surface area (Å²) in [5, 5.41) is 14.7. The van der Waals surface area contributed by atoms with Crippen LogP contribution in [-0.4, -0.2) is 53.6 Å². The van der Waals surface area contributed by atoms with Gasteiger partial charge in [0.05, 0.1) is 18.0 Å². The molecule has 3 aliphatic rings. The molecule has 3 N–H and O–H groups in total. The Bertz CT molecular complexity index is 1090. The van der Waals surface area contributed by atoms with Gasteiger partial charge in [0.2, 0.25) is 11.8 Å². The summed E-state index contributed by atoms with van der Waals surface area (Å²) in [6.07, 6.45) is -2.29. The second-order valence-electron chi connectivity index (χ2n) is 11.6. The Hall–Kier alpha value is -2.82. The molecule has 0 radical (unpaired) electrons. The van der Waals surface area contributed by atoms with E-state index in [1.54, 1.807) is 7.11 Å². The van der Waals surface area contributed by atoms with Gasteiger partial charge in [-0.1, -0.05) is 6.92 Å². The van der Waals surface area contributed by atoms with Crippen LogP contribution in [-0.2, 0) is 20.5 Å². The molecule has 1 aromatic rings. The number of amides is 2. The second kappa shape index (κ2) is 10.1. The van der Waals surface area contributed by atoms with Crippen LogP contribution < -0.4 is 15.4 Å². The molecule has 1 saturated heterocycles. The van der Waals surface area contributed by atoms with E-state index >= 15 is 0 Å². The van der Waals surface area contributed by atoms with Gasteiger partial charge in [0.25, 0.3) is 0 Å². The number of guanidine groups is 1. The molecule has 11 heteroatoms. The number of rotatable bonds is 8. The van der Waals surface area contributed by atoms with E-state index in [4.69, 9.17) is 14.9 Å². The second-order valence-corrected chi connectivity index (χ2v) is 11.6. The zero-order valence-electron chi connectivity index (χ0n) is 22.5. The highest BCUT2D eigenvalue weighted by Gasteiger charge is 2.53. The first-order valence-electron chi connectivity index (χ1n) is 13.1. The SMILES string of the molecule is CC[C@]1(C)CC(=O)N([C@H](CCOC)C2C[C@H]2C(=O)NC2CC(C)(C)Oc3ccc(C(F)(F)F)cc32)C(=N)N1. The average Bonchev–Trinajstić information content (AvgIpc) is 3.60. The quantitative estimate of drug-likeness (QED) is 0.456. The highest BCUT2D eigenvalue weighted by molar-refractivity contribution is 5.99. The van der Waals surface area contributed by atoms with Crippen molar-refractivity contribution in [2.24, 2.45) is 11.8 Å². The summed E-state index contributed by atoms with van der Waals surface area (Å²) in [5.41, 5.74) is -1.66. The molecule has 1 saturated carbocycles. The lowest BCUT2D eigenvalue weighted by atomic mass is 9.88. The lowest BCUT2D eigenvalue weighted by Gasteiger charge is -2.43. The van der Waals surface area contributed by atoms with Crippen LogP contribution in [0.3, 0.4) is 0 Å². The smallest absolute Gasteiger partial charge is 0.416 e. The fourth-order valence-electron chi connectivity index (χ4n) is 5.65. The number of hydrogen-bond acceptors (Lipinski definition) is 5. The number of carbonyl (C=O) groups excluding carboxylic acids is 2. The molecule has 2 fully saturated rings. The van der Waals surface area contributed by atoms with Crippen molar-refractivity contribution in [3.05, 3.63) is 29.3 Å². The highest BCUT2D eigenvalue weighted by Crippen LogP contribution is 2.47. The van der Waals surface area contributed by atoms with Crippen LogP contribution in [0.1, 0.15) is 77.0 Å². The largest absolute Gasteiger partial charge is 0.487 e. The van der Waals surface area contributed by atoms with Crippen LogP contribution in [0.2, 0.25) is 0 Å². The molecule has 4 rings (SSSR count). The van der Waals surface area contributed by atoms with Gasteiger partial charge in [-0.25, -0.2) is 0 Å². The molecule has 2 amide bonds. The van der Waals surface area contributed by atoms with Gasteiger partial charge in [-0.3, -0.25) is 19.9 Å². The molecule has 0 spiro atoms. The molecule has 38 heavy (non-hydrogen) atoms. The van der Waals surface area contributed by atoms with Crippen molar-refractivity contribution in [3.8, 4) is 5.75 Å². The number of methoxy groups -OCH3 is 1. The number of hydrogen-bond donors (Lipinski definition) is 3. The van der Waals surface area contributed by atoms with Crippen molar-refractivity contribution < 1.29 is 32.2 Å². The number of benzene rings is 1. The number of halogens is 3. The van der Waals surface area contributed by atoms with Gasteiger partial charge in [0.1, 0.15) is 11.4 Å². The molecule has 210 valence electrons. The fraction of sp³-hybridized carbons (Fsp3) is 0.667. The third kappa shape index (κ3) is 5.77. The van der Waals surface area contributed by atoms with Crippen LogP contribution in [0.25, 0.3) is 0 Å². The Labute approximate surface area is 221 Å². The summed E-state index contributed by atoms with van der Waals surface area (Å²) in [6, 6.07) is 2.30.